The van der Waals surface area contributed by atoms with Gasteiger partial charge in [-0.15, -0.1) is 0 Å². The Morgan fingerprint density at radius 3 is 2.62 bits per heavy atom. The van der Waals surface area contributed by atoms with Gasteiger partial charge in [0, 0.05) is 25.2 Å². The molecule has 0 aromatic heterocycles. The molecule has 0 saturated carbocycles. The number of hydrogen-bond acceptors (Lipinski definition) is 3. The standard InChI is InChI=1S/C12H24N2O2/c1-5-10-8-14(11(6-2)7-13-10)12(15)16-9(3)4/h9-11,13H,5-8H2,1-4H3. The van der Waals surface area contributed by atoms with Gasteiger partial charge in [0.15, 0.2) is 0 Å². The quantitative estimate of drug-likeness (QED) is 0.803. The van der Waals surface area contributed by atoms with Gasteiger partial charge in [0.05, 0.1) is 6.10 Å². The van der Waals surface area contributed by atoms with Crippen molar-refractivity contribution < 1.29 is 9.53 Å². The van der Waals surface area contributed by atoms with Gasteiger partial charge in [0.1, 0.15) is 0 Å². The fourth-order valence-electron chi connectivity index (χ4n) is 2.00. The van der Waals surface area contributed by atoms with Crippen molar-refractivity contribution in [1.29, 1.82) is 0 Å². The molecular weight excluding hydrogens is 204 g/mol. The van der Waals surface area contributed by atoms with Crippen LogP contribution in [0.4, 0.5) is 4.79 Å². The Kier molecular flexibility index (Phi) is 5.06. The maximum absolute atomic E-state index is 11.9. The molecule has 4 nitrogen and oxygen atoms in total. The second-order valence-electron chi connectivity index (χ2n) is 4.66. The Balaban J connectivity index is 2.60. The number of nitrogens with one attached hydrogen (secondary N) is 1. The topological polar surface area (TPSA) is 41.6 Å². The van der Waals surface area contributed by atoms with Crippen LogP contribution < -0.4 is 5.32 Å². The van der Waals surface area contributed by atoms with Gasteiger partial charge in [0.25, 0.3) is 0 Å². The van der Waals surface area contributed by atoms with E-state index in [1.165, 1.54) is 0 Å². The predicted octanol–water partition coefficient (Wildman–Crippen LogP) is 1.99. The molecule has 0 aromatic carbocycles. The largest absolute Gasteiger partial charge is 0.447 e. The molecule has 1 amide bonds. The lowest BCUT2D eigenvalue weighted by Gasteiger charge is -2.39. The average molecular weight is 228 g/mol. The van der Waals surface area contributed by atoms with Crippen molar-refractivity contribution in [2.75, 3.05) is 13.1 Å². The number of rotatable bonds is 3. The van der Waals surface area contributed by atoms with Gasteiger partial charge in [0.2, 0.25) is 0 Å². The number of hydrogen-bond donors (Lipinski definition) is 1. The van der Waals surface area contributed by atoms with Crippen LogP contribution in [0.1, 0.15) is 40.5 Å². The molecule has 1 rings (SSSR count). The Morgan fingerprint density at radius 2 is 2.12 bits per heavy atom. The summed E-state index contributed by atoms with van der Waals surface area (Å²) in [5.41, 5.74) is 0. The highest BCUT2D eigenvalue weighted by Gasteiger charge is 2.30. The summed E-state index contributed by atoms with van der Waals surface area (Å²) >= 11 is 0. The monoisotopic (exact) mass is 228 g/mol. The van der Waals surface area contributed by atoms with Crippen molar-refractivity contribution in [3.8, 4) is 0 Å². The second kappa shape index (κ2) is 6.09. The van der Waals surface area contributed by atoms with Crippen LogP contribution in [0.2, 0.25) is 0 Å². The molecule has 0 aliphatic carbocycles. The highest BCUT2D eigenvalue weighted by atomic mass is 16.6. The molecule has 16 heavy (non-hydrogen) atoms. The maximum Gasteiger partial charge on any atom is 0.410 e. The number of amides is 1. The van der Waals surface area contributed by atoms with E-state index >= 15 is 0 Å². The fraction of sp³-hybridized carbons (Fsp3) is 0.917. The smallest absolute Gasteiger partial charge is 0.410 e. The minimum Gasteiger partial charge on any atom is -0.447 e. The van der Waals surface area contributed by atoms with Crippen molar-refractivity contribution in [3.63, 3.8) is 0 Å². The van der Waals surface area contributed by atoms with Crippen LogP contribution in [-0.2, 0) is 4.74 Å². The Morgan fingerprint density at radius 1 is 1.44 bits per heavy atom. The van der Waals surface area contributed by atoms with E-state index in [1.54, 1.807) is 0 Å². The normalized spacial score (nSPS) is 25.9. The van der Waals surface area contributed by atoms with E-state index in [9.17, 15) is 4.79 Å². The number of piperazine rings is 1. The molecular formula is C12H24N2O2. The summed E-state index contributed by atoms with van der Waals surface area (Å²) in [5, 5.41) is 3.46. The SMILES string of the molecule is CCC1CN(C(=O)OC(C)C)C(CC)CN1. The molecule has 2 unspecified atom stereocenters. The summed E-state index contributed by atoms with van der Waals surface area (Å²) in [6, 6.07) is 0.677. The second-order valence-corrected chi connectivity index (χ2v) is 4.66. The van der Waals surface area contributed by atoms with Gasteiger partial charge in [-0.1, -0.05) is 13.8 Å². The van der Waals surface area contributed by atoms with Crippen molar-refractivity contribution in [1.82, 2.24) is 10.2 Å². The van der Waals surface area contributed by atoms with Crippen molar-refractivity contribution >= 4 is 6.09 Å². The first-order chi connectivity index (χ1) is 7.58. The third kappa shape index (κ3) is 3.37. The van der Waals surface area contributed by atoms with Crippen molar-refractivity contribution in [2.45, 2.75) is 58.7 Å². The summed E-state index contributed by atoms with van der Waals surface area (Å²) in [6.07, 6.45) is 1.81. The third-order valence-electron chi connectivity index (χ3n) is 3.04. The Labute approximate surface area is 98.3 Å². The van der Waals surface area contributed by atoms with Crippen molar-refractivity contribution in [2.24, 2.45) is 0 Å². The molecule has 1 saturated heterocycles. The summed E-state index contributed by atoms with van der Waals surface area (Å²) in [7, 11) is 0. The molecule has 0 aromatic rings. The molecule has 1 N–H and O–H groups in total. The highest BCUT2D eigenvalue weighted by molar-refractivity contribution is 5.68. The van der Waals surface area contributed by atoms with E-state index in [-0.39, 0.29) is 18.2 Å². The fourth-order valence-corrected chi connectivity index (χ4v) is 2.00. The Bertz CT molecular complexity index is 231. The molecule has 94 valence electrons. The van der Waals surface area contributed by atoms with E-state index in [4.69, 9.17) is 4.74 Å². The van der Waals surface area contributed by atoms with E-state index in [1.807, 2.05) is 18.7 Å². The molecule has 0 bridgehead atoms. The highest BCUT2D eigenvalue weighted by Crippen LogP contribution is 2.14. The first kappa shape index (κ1) is 13.3. The zero-order valence-electron chi connectivity index (χ0n) is 10.8. The number of carbonyl (C=O) groups is 1. The molecule has 0 spiro atoms. The third-order valence-corrected chi connectivity index (χ3v) is 3.04. The van der Waals surface area contributed by atoms with Crippen molar-refractivity contribution in [3.05, 3.63) is 0 Å². The lowest BCUT2D eigenvalue weighted by Crippen LogP contribution is -2.58. The van der Waals surface area contributed by atoms with Crippen LogP contribution in [0.5, 0.6) is 0 Å². The van der Waals surface area contributed by atoms with Crippen LogP contribution in [-0.4, -0.2) is 42.3 Å². The van der Waals surface area contributed by atoms with Crippen LogP contribution in [0.3, 0.4) is 0 Å². The van der Waals surface area contributed by atoms with Crippen LogP contribution in [0.25, 0.3) is 0 Å². The van der Waals surface area contributed by atoms with Gasteiger partial charge in [-0.25, -0.2) is 4.79 Å². The van der Waals surface area contributed by atoms with E-state index in [2.05, 4.69) is 19.2 Å². The summed E-state index contributed by atoms with van der Waals surface area (Å²) in [4.78, 5) is 13.8. The van der Waals surface area contributed by atoms with E-state index in [0.717, 1.165) is 25.9 Å². The first-order valence-corrected chi connectivity index (χ1v) is 6.29. The van der Waals surface area contributed by atoms with E-state index in [0.29, 0.717) is 6.04 Å². The summed E-state index contributed by atoms with van der Waals surface area (Å²) < 4.78 is 5.27. The maximum atomic E-state index is 11.9. The summed E-state index contributed by atoms with van der Waals surface area (Å²) in [6.45, 7) is 9.66. The van der Waals surface area contributed by atoms with Crippen LogP contribution in [0, 0.1) is 0 Å². The molecule has 1 fully saturated rings. The van der Waals surface area contributed by atoms with Gasteiger partial charge in [-0.05, 0) is 26.7 Å². The predicted molar refractivity (Wildman–Crippen MR) is 64.5 cm³/mol. The molecule has 1 aliphatic heterocycles. The van der Waals surface area contributed by atoms with Gasteiger partial charge in [-0.2, -0.15) is 0 Å². The number of nitrogens with zero attached hydrogens (tertiary/aromatic N) is 1. The lowest BCUT2D eigenvalue weighted by molar-refractivity contribution is 0.0475. The minimum atomic E-state index is -0.165. The first-order valence-electron chi connectivity index (χ1n) is 6.29. The van der Waals surface area contributed by atoms with Gasteiger partial charge < -0.3 is 15.0 Å². The molecule has 1 aliphatic rings. The number of carbonyl (C=O) groups excluding carboxylic acids is 1. The molecule has 0 radical (unpaired) electrons. The Hall–Kier alpha value is -0.770. The summed E-state index contributed by atoms with van der Waals surface area (Å²) in [5.74, 6) is 0. The minimum absolute atomic E-state index is 0.0417. The van der Waals surface area contributed by atoms with Crippen LogP contribution >= 0.6 is 0 Å². The zero-order valence-corrected chi connectivity index (χ0v) is 10.8. The van der Waals surface area contributed by atoms with E-state index < -0.39 is 0 Å². The zero-order chi connectivity index (χ0) is 12.1. The average Bonchev–Trinajstić information content (AvgIpc) is 2.27. The molecule has 4 heteroatoms. The van der Waals surface area contributed by atoms with Gasteiger partial charge in [-0.3, -0.25) is 0 Å². The van der Waals surface area contributed by atoms with Gasteiger partial charge >= 0.3 is 6.09 Å². The van der Waals surface area contributed by atoms with Crippen LogP contribution in [0.15, 0.2) is 0 Å². The molecule has 1 heterocycles. The lowest BCUT2D eigenvalue weighted by atomic mass is 10.1. The molecule has 2 atom stereocenters. The number of ether oxygens (including phenoxy) is 1.